The van der Waals surface area contributed by atoms with Crippen molar-refractivity contribution in [2.45, 2.75) is 24.3 Å². The molecular formula is C10H9BrF4. The molecule has 1 aromatic carbocycles. The maximum Gasteiger partial charge on any atom is 0.273 e. The predicted molar refractivity (Wildman–Crippen MR) is 53.6 cm³/mol. The van der Waals surface area contributed by atoms with E-state index >= 15 is 0 Å². The van der Waals surface area contributed by atoms with Gasteiger partial charge in [-0.2, -0.15) is 0 Å². The summed E-state index contributed by atoms with van der Waals surface area (Å²) in [5, 5.41) is 0. The van der Waals surface area contributed by atoms with Crippen molar-refractivity contribution >= 4 is 15.9 Å². The van der Waals surface area contributed by atoms with Gasteiger partial charge in [-0.1, -0.05) is 28.1 Å². The standard InChI is InChI=1S/C10H9BrF4/c1-5(11)7-3-2-6(4-8(7)12)9(13)10(14)15/h2-5,9-10H,1H3. The lowest BCUT2D eigenvalue weighted by molar-refractivity contribution is 0.0494. The maximum absolute atomic E-state index is 13.3. The van der Waals surface area contributed by atoms with E-state index in [1.54, 1.807) is 6.92 Å². The normalized spacial score (nSPS) is 15.4. The van der Waals surface area contributed by atoms with Crippen molar-refractivity contribution in [1.29, 1.82) is 0 Å². The molecule has 1 aromatic rings. The molecule has 0 aromatic heterocycles. The van der Waals surface area contributed by atoms with Gasteiger partial charge < -0.3 is 0 Å². The van der Waals surface area contributed by atoms with Crippen LogP contribution in [0.4, 0.5) is 17.6 Å². The average molecular weight is 285 g/mol. The van der Waals surface area contributed by atoms with Gasteiger partial charge in [-0.05, 0) is 18.6 Å². The number of hydrogen-bond donors (Lipinski definition) is 0. The highest BCUT2D eigenvalue weighted by atomic mass is 79.9. The van der Waals surface area contributed by atoms with E-state index < -0.39 is 18.4 Å². The Labute approximate surface area is 93.4 Å². The van der Waals surface area contributed by atoms with Crippen LogP contribution in [0.3, 0.4) is 0 Å². The molecule has 0 aliphatic rings. The average Bonchev–Trinajstić information content (AvgIpc) is 2.15. The molecule has 0 aliphatic heterocycles. The Morgan fingerprint density at radius 1 is 1.20 bits per heavy atom. The second-order valence-electron chi connectivity index (χ2n) is 3.13. The molecule has 1 rings (SSSR count). The van der Waals surface area contributed by atoms with Gasteiger partial charge in [-0.25, -0.2) is 17.6 Å². The van der Waals surface area contributed by atoms with Gasteiger partial charge in [0.05, 0.1) is 0 Å². The summed E-state index contributed by atoms with van der Waals surface area (Å²) >= 11 is 3.14. The quantitative estimate of drug-likeness (QED) is 0.564. The van der Waals surface area contributed by atoms with Gasteiger partial charge in [0.1, 0.15) is 5.82 Å². The Hall–Kier alpha value is -0.580. The first-order valence-corrected chi connectivity index (χ1v) is 5.20. The summed E-state index contributed by atoms with van der Waals surface area (Å²) in [7, 11) is 0. The van der Waals surface area contributed by atoms with Crippen molar-refractivity contribution < 1.29 is 17.6 Å². The van der Waals surface area contributed by atoms with Crippen LogP contribution in [0.1, 0.15) is 29.0 Å². The molecule has 0 saturated carbocycles. The molecule has 5 heteroatoms. The van der Waals surface area contributed by atoms with Crippen LogP contribution in [0, 0.1) is 5.82 Å². The second kappa shape index (κ2) is 4.96. The van der Waals surface area contributed by atoms with E-state index in [0.717, 1.165) is 6.07 Å². The monoisotopic (exact) mass is 284 g/mol. The molecule has 15 heavy (non-hydrogen) atoms. The van der Waals surface area contributed by atoms with Gasteiger partial charge in [-0.3, -0.25) is 0 Å². The maximum atomic E-state index is 13.3. The fourth-order valence-electron chi connectivity index (χ4n) is 1.18. The Kier molecular flexibility index (Phi) is 4.13. The molecule has 0 radical (unpaired) electrons. The Morgan fingerprint density at radius 3 is 2.20 bits per heavy atom. The van der Waals surface area contributed by atoms with E-state index in [4.69, 9.17) is 0 Å². The van der Waals surface area contributed by atoms with E-state index in [0.29, 0.717) is 5.56 Å². The van der Waals surface area contributed by atoms with Crippen LogP contribution < -0.4 is 0 Å². The Bertz CT molecular complexity index is 338. The molecule has 84 valence electrons. The lowest BCUT2D eigenvalue weighted by Gasteiger charge is -2.10. The summed E-state index contributed by atoms with van der Waals surface area (Å²) in [5.41, 5.74) is -0.0142. The van der Waals surface area contributed by atoms with E-state index in [9.17, 15) is 17.6 Å². The van der Waals surface area contributed by atoms with Crippen molar-refractivity contribution in [3.05, 3.63) is 35.1 Å². The highest BCUT2D eigenvalue weighted by Crippen LogP contribution is 2.30. The molecule has 0 saturated heterocycles. The first kappa shape index (κ1) is 12.5. The van der Waals surface area contributed by atoms with Crippen LogP contribution in [-0.2, 0) is 0 Å². The minimum absolute atomic E-state index is 0.240. The summed E-state index contributed by atoms with van der Waals surface area (Å²) < 4.78 is 50.1. The molecule has 0 nitrogen and oxygen atoms in total. The molecule has 0 spiro atoms. The SMILES string of the molecule is CC(Br)c1ccc(C(F)C(F)F)cc1F. The molecule has 0 amide bonds. The topological polar surface area (TPSA) is 0 Å². The third-order valence-corrected chi connectivity index (χ3v) is 2.49. The lowest BCUT2D eigenvalue weighted by Crippen LogP contribution is -2.04. The van der Waals surface area contributed by atoms with Crippen molar-refractivity contribution in [2.24, 2.45) is 0 Å². The first-order valence-electron chi connectivity index (χ1n) is 4.29. The third-order valence-electron chi connectivity index (χ3n) is 1.99. The van der Waals surface area contributed by atoms with Gasteiger partial charge in [0.2, 0.25) is 0 Å². The smallest absolute Gasteiger partial charge is 0.236 e. The fraction of sp³-hybridized carbons (Fsp3) is 0.400. The fourth-order valence-corrected chi connectivity index (χ4v) is 1.55. The number of alkyl halides is 4. The molecule has 2 atom stereocenters. The van der Waals surface area contributed by atoms with Crippen LogP contribution in [0.25, 0.3) is 0 Å². The minimum Gasteiger partial charge on any atom is -0.236 e. The highest BCUT2D eigenvalue weighted by Gasteiger charge is 2.22. The van der Waals surface area contributed by atoms with Crippen molar-refractivity contribution in [1.82, 2.24) is 0 Å². The number of hydrogen-bond acceptors (Lipinski definition) is 0. The summed E-state index contributed by atoms with van der Waals surface area (Å²) in [6, 6.07) is 3.29. The predicted octanol–water partition coefficient (Wildman–Crippen LogP) is 4.56. The van der Waals surface area contributed by atoms with E-state index in [-0.39, 0.29) is 10.4 Å². The van der Waals surface area contributed by atoms with Crippen molar-refractivity contribution in [3.8, 4) is 0 Å². The third kappa shape index (κ3) is 2.93. The molecule has 0 N–H and O–H groups in total. The Balaban J connectivity index is 3.01. The van der Waals surface area contributed by atoms with Crippen LogP contribution >= 0.6 is 15.9 Å². The summed E-state index contributed by atoms with van der Waals surface area (Å²) in [4.78, 5) is -0.240. The lowest BCUT2D eigenvalue weighted by atomic mass is 10.1. The highest BCUT2D eigenvalue weighted by molar-refractivity contribution is 9.09. The molecular weight excluding hydrogens is 276 g/mol. The van der Waals surface area contributed by atoms with Gasteiger partial charge in [-0.15, -0.1) is 0 Å². The zero-order chi connectivity index (χ0) is 11.6. The largest absolute Gasteiger partial charge is 0.273 e. The molecule has 0 heterocycles. The number of benzene rings is 1. The summed E-state index contributed by atoms with van der Waals surface area (Å²) in [6.07, 6.45) is -5.56. The van der Waals surface area contributed by atoms with Gasteiger partial charge in [0.25, 0.3) is 6.43 Å². The van der Waals surface area contributed by atoms with Crippen LogP contribution in [0.15, 0.2) is 18.2 Å². The van der Waals surface area contributed by atoms with Crippen molar-refractivity contribution in [2.75, 3.05) is 0 Å². The number of rotatable bonds is 3. The summed E-state index contributed by atoms with van der Waals surface area (Å²) in [6.45, 7) is 1.69. The molecule has 0 aliphatic carbocycles. The molecule has 0 bridgehead atoms. The first-order chi connectivity index (χ1) is 6.93. The van der Waals surface area contributed by atoms with Gasteiger partial charge in [0, 0.05) is 10.4 Å². The zero-order valence-electron chi connectivity index (χ0n) is 7.85. The van der Waals surface area contributed by atoms with Gasteiger partial charge in [0.15, 0.2) is 6.17 Å². The molecule has 0 fully saturated rings. The minimum atomic E-state index is -3.13. The molecule has 2 unspecified atom stereocenters. The van der Waals surface area contributed by atoms with E-state index in [1.807, 2.05) is 0 Å². The van der Waals surface area contributed by atoms with Crippen LogP contribution in [0.5, 0.6) is 0 Å². The van der Waals surface area contributed by atoms with Crippen LogP contribution in [-0.4, -0.2) is 6.43 Å². The number of halogens is 5. The second-order valence-corrected chi connectivity index (χ2v) is 4.51. The van der Waals surface area contributed by atoms with E-state index in [1.165, 1.54) is 12.1 Å². The van der Waals surface area contributed by atoms with Crippen LogP contribution in [0.2, 0.25) is 0 Å². The summed E-state index contributed by atoms with van der Waals surface area (Å²) in [5.74, 6) is -0.680. The zero-order valence-corrected chi connectivity index (χ0v) is 9.44. The van der Waals surface area contributed by atoms with E-state index in [2.05, 4.69) is 15.9 Å². The van der Waals surface area contributed by atoms with Crippen molar-refractivity contribution in [3.63, 3.8) is 0 Å². The van der Waals surface area contributed by atoms with Gasteiger partial charge >= 0.3 is 0 Å². The Morgan fingerprint density at radius 2 is 1.80 bits per heavy atom.